The molecule has 2 aromatic carbocycles. The average Bonchev–Trinajstić information content (AvgIpc) is 2.63. The van der Waals surface area contributed by atoms with Gasteiger partial charge in [0.15, 0.2) is 0 Å². The standard InChI is InChI=1S/C19H19ClN4/c20-17-8-6-15(7-9-17)10-12-21-19-22-13-11-18(24-19)23-14-16-4-2-1-3-5-16/h1-9,11,13H,10,12,14H2,(H2,21,22,23,24). The Hall–Kier alpha value is -2.59. The predicted molar refractivity (Wildman–Crippen MR) is 99.4 cm³/mol. The van der Waals surface area contributed by atoms with Crippen LogP contribution >= 0.6 is 11.6 Å². The van der Waals surface area contributed by atoms with Gasteiger partial charge in [-0.2, -0.15) is 4.98 Å². The summed E-state index contributed by atoms with van der Waals surface area (Å²) in [4.78, 5) is 8.74. The largest absolute Gasteiger partial charge is 0.366 e. The highest BCUT2D eigenvalue weighted by molar-refractivity contribution is 6.30. The lowest BCUT2D eigenvalue weighted by Gasteiger charge is -2.08. The lowest BCUT2D eigenvalue weighted by molar-refractivity contribution is 0.980. The molecule has 2 N–H and O–H groups in total. The molecular formula is C19H19ClN4. The Kier molecular flexibility index (Phi) is 5.64. The fraction of sp³-hybridized carbons (Fsp3) is 0.158. The number of hydrogen-bond acceptors (Lipinski definition) is 4. The quantitative estimate of drug-likeness (QED) is 0.670. The molecule has 1 heterocycles. The Morgan fingerprint density at radius 1 is 0.833 bits per heavy atom. The van der Waals surface area contributed by atoms with Gasteiger partial charge in [0.25, 0.3) is 0 Å². The highest BCUT2D eigenvalue weighted by atomic mass is 35.5. The van der Waals surface area contributed by atoms with Crippen LogP contribution in [-0.2, 0) is 13.0 Å². The first-order valence-electron chi connectivity index (χ1n) is 7.89. The van der Waals surface area contributed by atoms with E-state index in [0.717, 1.165) is 30.4 Å². The molecule has 1 aromatic heterocycles. The molecule has 0 amide bonds. The summed E-state index contributed by atoms with van der Waals surface area (Å²) in [7, 11) is 0. The zero-order valence-corrected chi connectivity index (χ0v) is 14.0. The first-order chi connectivity index (χ1) is 11.8. The van der Waals surface area contributed by atoms with Gasteiger partial charge in [0.1, 0.15) is 5.82 Å². The van der Waals surface area contributed by atoms with Crippen LogP contribution in [0.2, 0.25) is 5.02 Å². The zero-order chi connectivity index (χ0) is 16.6. The van der Waals surface area contributed by atoms with E-state index in [4.69, 9.17) is 11.6 Å². The van der Waals surface area contributed by atoms with Crippen molar-refractivity contribution in [2.75, 3.05) is 17.2 Å². The molecule has 0 fully saturated rings. The maximum atomic E-state index is 5.89. The normalized spacial score (nSPS) is 10.4. The fourth-order valence-corrected chi connectivity index (χ4v) is 2.43. The van der Waals surface area contributed by atoms with Gasteiger partial charge in [0.2, 0.25) is 5.95 Å². The number of benzene rings is 2. The summed E-state index contributed by atoms with van der Waals surface area (Å²) in [5, 5.41) is 7.32. The SMILES string of the molecule is Clc1ccc(CCNc2nccc(NCc3ccccc3)n2)cc1. The van der Waals surface area contributed by atoms with Gasteiger partial charge in [0.05, 0.1) is 0 Å². The predicted octanol–water partition coefficient (Wildman–Crippen LogP) is 4.40. The number of aromatic nitrogens is 2. The van der Waals surface area contributed by atoms with Gasteiger partial charge < -0.3 is 10.6 Å². The Labute approximate surface area is 146 Å². The van der Waals surface area contributed by atoms with Crippen molar-refractivity contribution in [3.05, 3.63) is 83.0 Å². The van der Waals surface area contributed by atoms with Gasteiger partial charge in [-0.1, -0.05) is 54.1 Å². The number of anilines is 2. The molecule has 0 saturated carbocycles. The van der Waals surface area contributed by atoms with Crippen molar-refractivity contribution in [3.8, 4) is 0 Å². The molecule has 0 atom stereocenters. The molecule has 0 spiro atoms. The summed E-state index contributed by atoms with van der Waals surface area (Å²) in [6.45, 7) is 1.51. The van der Waals surface area contributed by atoms with E-state index >= 15 is 0 Å². The molecule has 0 unspecified atom stereocenters. The summed E-state index contributed by atoms with van der Waals surface area (Å²) in [6.07, 6.45) is 2.65. The number of nitrogens with zero attached hydrogens (tertiary/aromatic N) is 2. The van der Waals surface area contributed by atoms with Crippen molar-refractivity contribution in [1.29, 1.82) is 0 Å². The molecule has 24 heavy (non-hydrogen) atoms. The third-order valence-electron chi connectivity index (χ3n) is 3.58. The molecule has 0 saturated heterocycles. The van der Waals surface area contributed by atoms with Crippen LogP contribution in [0.5, 0.6) is 0 Å². The first-order valence-corrected chi connectivity index (χ1v) is 8.26. The van der Waals surface area contributed by atoms with Crippen LogP contribution < -0.4 is 10.6 Å². The molecular weight excluding hydrogens is 320 g/mol. The Bertz CT molecular complexity index is 760. The van der Waals surface area contributed by atoms with Crippen LogP contribution in [0.4, 0.5) is 11.8 Å². The van der Waals surface area contributed by atoms with E-state index in [1.54, 1.807) is 6.20 Å². The van der Waals surface area contributed by atoms with Crippen LogP contribution in [-0.4, -0.2) is 16.5 Å². The molecule has 122 valence electrons. The third kappa shape index (κ3) is 4.96. The van der Waals surface area contributed by atoms with E-state index in [2.05, 4.69) is 32.7 Å². The Morgan fingerprint density at radius 2 is 1.62 bits per heavy atom. The summed E-state index contributed by atoms with van der Waals surface area (Å²) >= 11 is 5.89. The topological polar surface area (TPSA) is 49.8 Å². The molecule has 0 radical (unpaired) electrons. The lowest BCUT2D eigenvalue weighted by atomic mass is 10.1. The Morgan fingerprint density at radius 3 is 2.42 bits per heavy atom. The number of nitrogens with one attached hydrogen (secondary N) is 2. The van der Waals surface area contributed by atoms with Crippen LogP contribution in [0.15, 0.2) is 66.9 Å². The van der Waals surface area contributed by atoms with Gasteiger partial charge in [-0.05, 0) is 35.7 Å². The van der Waals surface area contributed by atoms with E-state index in [-0.39, 0.29) is 0 Å². The monoisotopic (exact) mass is 338 g/mol. The van der Waals surface area contributed by atoms with Crippen molar-refractivity contribution >= 4 is 23.4 Å². The van der Waals surface area contributed by atoms with Crippen molar-refractivity contribution in [2.24, 2.45) is 0 Å². The van der Waals surface area contributed by atoms with Crippen LogP contribution in [0.1, 0.15) is 11.1 Å². The van der Waals surface area contributed by atoms with Crippen LogP contribution in [0.3, 0.4) is 0 Å². The van der Waals surface area contributed by atoms with Gasteiger partial charge in [-0.3, -0.25) is 0 Å². The molecule has 3 rings (SSSR count). The first kappa shape index (κ1) is 16.3. The third-order valence-corrected chi connectivity index (χ3v) is 3.83. The van der Waals surface area contributed by atoms with Gasteiger partial charge in [0, 0.05) is 24.3 Å². The van der Waals surface area contributed by atoms with Crippen LogP contribution in [0, 0.1) is 0 Å². The number of halogens is 1. The summed E-state index contributed by atoms with van der Waals surface area (Å²) in [5.74, 6) is 1.44. The second-order valence-corrected chi connectivity index (χ2v) is 5.84. The van der Waals surface area contributed by atoms with Crippen molar-refractivity contribution in [2.45, 2.75) is 13.0 Å². The van der Waals surface area contributed by atoms with Crippen molar-refractivity contribution in [3.63, 3.8) is 0 Å². The van der Waals surface area contributed by atoms with E-state index in [9.17, 15) is 0 Å². The maximum absolute atomic E-state index is 5.89. The molecule has 0 aliphatic rings. The highest BCUT2D eigenvalue weighted by Gasteiger charge is 2.00. The van der Waals surface area contributed by atoms with Gasteiger partial charge >= 0.3 is 0 Å². The molecule has 3 aromatic rings. The summed E-state index contributed by atoms with van der Waals surface area (Å²) in [5.41, 5.74) is 2.44. The smallest absolute Gasteiger partial charge is 0.224 e. The van der Waals surface area contributed by atoms with E-state index in [1.807, 2.05) is 48.5 Å². The minimum Gasteiger partial charge on any atom is -0.366 e. The zero-order valence-electron chi connectivity index (χ0n) is 13.2. The van der Waals surface area contributed by atoms with Gasteiger partial charge in [-0.15, -0.1) is 0 Å². The van der Waals surface area contributed by atoms with E-state index in [1.165, 1.54) is 11.1 Å². The van der Waals surface area contributed by atoms with E-state index in [0.29, 0.717) is 5.95 Å². The molecule has 4 nitrogen and oxygen atoms in total. The molecule has 0 aliphatic carbocycles. The lowest BCUT2D eigenvalue weighted by Crippen LogP contribution is -2.09. The van der Waals surface area contributed by atoms with Gasteiger partial charge in [-0.25, -0.2) is 4.98 Å². The fourth-order valence-electron chi connectivity index (χ4n) is 2.30. The molecule has 5 heteroatoms. The number of rotatable bonds is 7. The highest BCUT2D eigenvalue weighted by Crippen LogP contribution is 2.11. The minimum atomic E-state index is 0.627. The minimum absolute atomic E-state index is 0.627. The summed E-state index contributed by atoms with van der Waals surface area (Å²) < 4.78 is 0. The second kappa shape index (κ2) is 8.31. The van der Waals surface area contributed by atoms with Crippen molar-refractivity contribution < 1.29 is 0 Å². The average molecular weight is 339 g/mol. The molecule has 0 aliphatic heterocycles. The molecule has 0 bridgehead atoms. The second-order valence-electron chi connectivity index (χ2n) is 5.41. The Balaban J connectivity index is 1.50. The number of hydrogen-bond donors (Lipinski definition) is 2. The maximum Gasteiger partial charge on any atom is 0.224 e. The summed E-state index contributed by atoms with van der Waals surface area (Å²) in [6, 6.07) is 20.0. The van der Waals surface area contributed by atoms with Crippen molar-refractivity contribution in [1.82, 2.24) is 9.97 Å². The van der Waals surface area contributed by atoms with E-state index < -0.39 is 0 Å². The van der Waals surface area contributed by atoms with Crippen LogP contribution in [0.25, 0.3) is 0 Å².